The van der Waals surface area contributed by atoms with Gasteiger partial charge in [0.25, 0.3) is 0 Å². The number of rotatable bonds is 8. The van der Waals surface area contributed by atoms with Crippen LogP contribution in [0.4, 0.5) is 35.0 Å². The summed E-state index contributed by atoms with van der Waals surface area (Å²) in [7, 11) is 3.94. The fourth-order valence-electron chi connectivity index (χ4n) is 2.81. The summed E-state index contributed by atoms with van der Waals surface area (Å²) in [5, 5.41) is 5.63. The van der Waals surface area contributed by atoms with E-state index in [9.17, 15) is 17.6 Å². The molecule has 0 radical (unpaired) electrons. The van der Waals surface area contributed by atoms with Crippen molar-refractivity contribution in [3.63, 3.8) is 0 Å². The molecule has 0 spiro atoms. The zero-order chi connectivity index (χ0) is 20.3. The summed E-state index contributed by atoms with van der Waals surface area (Å²) in [6, 6.07) is 4.46. The Morgan fingerprint density at radius 2 is 1.93 bits per heavy atom. The quantitative estimate of drug-likeness (QED) is 0.503. The van der Waals surface area contributed by atoms with E-state index in [1.807, 2.05) is 19.0 Å². The Labute approximate surface area is 161 Å². The van der Waals surface area contributed by atoms with E-state index in [1.54, 1.807) is 6.07 Å². The predicted molar refractivity (Wildman–Crippen MR) is 100 cm³/mol. The molecule has 1 aliphatic rings. The summed E-state index contributed by atoms with van der Waals surface area (Å²) >= 11 is 0. The highest BCUT2D eigenvalue weighted by molar-refractivity contribution is 5.63. The van der Waals surface area contributed by atoms with Gasteiger partial charge in [-0.3, -0.25) is 0 Å². The Kier molecular flexibility index (Phi) is 6.02. The Morgan fingerprint density at radius 1 is 1.18 bits per heavy atom. The third kappa shape index (κ3) is 5.31. The molecule has 0 aliphatic heterocycles. The Morgan fingerprint density at radius 3 is 2.57 bits per heavy atom. The van der Waals surface area contributed by atoms with Gasteiger partial charge in [-0.2, -0.15) is 18.2 Å². The minimum absolute atomic E-state index is 0.141. The summed E-state index contributed by atoms with van der Waals surface area (Å²) in [5.74, 6) is -0.242. The maximum atomic E-state index is 14.1. The van der Waals surface area contributed by atoms with Crippen molar-refractivity contribution in [1.29, 1.82) is 0 Å². The van der Waals surface area contributed by atoms with Crippen molar-refractivity contribution in [2.75, 3.05) is 37.8 Å². The van der Waals surface area contributed by atoms with Gasteiger partial charge in [-0.25, -0.2) is 9.37 Å². The van der Waals surface area contributed by atoms with E-state index in [0.717, 1.165) is 49.7 Å². The number of benzene rings is 1. The first-order chi connectivity index (χ1) is 13.2. The zero-order valence-corrected chi connectivity index (χ0v) is 15.8. The highest BCUT2D eigenvalue weighted by Gasteiger charge is 2.35. The largest absolute Gasteiger partial charge is 0.418 e. The Bertz CT molecular complexity index is 818. The van der Waals surface area contributed by atoms with Gasteiger partial charge in [-0.15, -0.1) is 0 Å². The molecule has 5 nitrogen and oxygen atoms in total. The van der Waals surface area contributed by atoms with Crippen molar-refractivity contribution in [2.24, 2.45) is 0 Å². The molecule has 2 N–H and O–H groups in total. The van der Waals surface area contributed by atoms with E-state index >= 15 is 0 Å². The molecular weight excluding hydrogens is 374 g/mol. The fraction of sp³-hybridized carbons (Fsp3) is 0.474. The standard InChI is InChI=1S/C19H23F4N5/c1-28(2)10-4-9-24-18-25-15(12-7-8-12)11-16(27-18)26-17-13(19(21,22)23)5-3-6-14(17)20/h3,5-6,11-12H,4,7-10H2,1-2H3,(H2,24,25,26,27). The lowest BCUT2D eigenvalue weighted by Gasteiger charge is -2.16. The SMILES string of the molecule is CN(C)CCCNc1nc(Nc2c(F)cccc2C(F)(F)F)cc(C2CC2)n1. The fourth-order valence-corrected chi connectivity index (χ4v) is 2.81. The minimum Gasteiger partial charge on any atom is -0.354 e. The molecule has 1 aromatic carbocycles. The molecule has 0 unspecified atom stereocenters. The summed E-state index contributed by atoms with van der Waals surface area (Å²) in [5.41, 5.74) is -0.953. The molecule has 0 saturated heterocycles. The van der Waals surface area contributed by atoms with E-state index in [0.29, 0.717) is 12.5 Å². The number of para-hydroxylation sites is 1. The first kappa shape index (κ1) is 20.3. The number of nitrogens with one attached hydrogen (secondary N) is 2. The van der Waals surface area contributed by atoms with Gasteiger partial charge in [0.15, 0.2) is 0 Å². The van der Waals surface area contributed by atoms with Crippen molar-refractivity contribution in [3.05, 3.63) is 41.3 Å². The summed E-state index contributed by atoms with van der Waals surface area (Å²) in [6.45, 7) is 1.50. The predicted octanol–water partition coefficient (Wildman–Crippen LogP) is 4.62. The molecule has 1 saturated carbocycles. The third-order valence-corrected chi connectivity index (χ3v) is 4.38. The van der Waals surface area contributed by atoms with E-state index in [2.05, 4.69) is 20.6 Å². The molecule has 3 rings (SSSR count). The van der Waals surface area contributed by atoms with Crippen LogP contribution < -0.4 is 10.6 Å². The monoisotopic (exact) mass is 397 g/mol. The van der Waals surface area contributed by atoms with Gasteiger partial charge in [-0.05, 0) is 52.0 Å². The van der Waals surface area contributed by atoms with E-state index in [4.69, 9.17) is 0 Å². The summed E-state index contributed by atoms with van der Waals surface area (Å²) in [4.78, 5) is 10.7. The maximum Gasteiger partial charge on any atom is 0.418 e. The number of nitrogens with zero attached hydrogens (tertiary/aromatic N) is 3. The Balaban J connectivity index is 1.84. The highest BCUT2D eigenvalue weighted by atomic mass is 19.4. The van der Waals surface area contributed by atoms with Gasteiger partial charge in [0.1, 0.15) is 11.6 Å². The second-order valence-corrected chi connectivity index (χ2v) is 7.14. The zero-order valence-electron chi connectivity index (χ0n) is 15.8. The second-order valence-electron chi connectivity index (χ2n) is 7.14. The van der Waals surface area contributed by atoms with Crippen LogP contribution in [0.15, 0.2) is 24.3 Å². The summed E-state index contributed by atoms with van der Waals surface area (Å²) < 4.78 is 53.9. The molecule has 1 aromatic heterocycles. The lowest BCUT2D eigenvalue weighted by atomic mass is 10.1. The molecular formula is C19H23F4N5. The van der Waals surface area contributed by atoms with Crippen molar-refractivity contribution in [1.82, 2.24) is 14.9 Å². The lowest BCUT2D eigenvalue weighted by molar-refractivity contribution is -0.137. The van der Waals surface area contributed by atoms with Crippen LogP contribution in [0, 0.1) is 5.82 Å². The number of anilines is 3. The molecule has 152 valence electrons. The van der Waals surface area contributed by atoms with Crippen molar-refractivity contribution >= 4 is 17.5 Å². The van der Waals surface area contributed by atoms with Gasteiger partial charge in [0.2, 0.25) is 5.95 Å². The van der Waals surface area contributed by atoms with Crippen LogP contribution in [-0.4, -0.2) is 42.1 Å². The maximum absolute atomic E-state index is 14.1. The molecule has 1 fully saturated rings. The first-order valence-electron chi connectivity index (χ1n) is 9.14. The topological polar surface area (TPSA) is 53.1 Å². The molecule has 28 heavy (non-hydrogen) atoms. The van der Waals surface area contributed by atoms with Crippen molar-refractivity contribution in [3.8, 4) is 0 Å². The first-order valence-corrected chi connectivity index (χ1v) is 9.14. The van der Waals surface area contributed by atoms with Crippen LogP contribution in [-0.2, 0) is 6.18 Å². The van der Waals surface area contributed by atoms with Gasteiger partial charge in [0.05, 0.1) is 16.9 Å². The van der Waals surface area contributed by atoms with Crippen LogP contribution >= 0.6 is 0 Å². The second kappa shape index (κ2) is 8.30. The summed E-state index contributed by atoms with van der Waals surface area (Å²) in [6.07, 6.45) is -1.86. The average Bonchev–Trinajstić information content (AvgIpc) is 3.44. The molecule has 0 atom stereocenters. The third-order valence-electron chi connectivity index (χ3n) is 4.38. The van der Waals surface area contributed by atoms with Crippen LogP contribution in [0.2, 0.25) is 0 Å². The molecule has 1 aliphatic carbocycles. The van der Waals surface area contributed by atoms with Crippen molar-refractivity contribution < 1.29 is 17.6 Å². The average molecular weight is 397 g/mol. The van der Waals surface area contributed by atoms with E-state index < -0.39 is 23.2 Å². The minimum atomic E-state index is -4.68. The van der Waals surface area contributed by atoms with Crippen LogP contribution in [0.25, 0.3) is 0 Å². The van der Waals surface area contributed by atoms with Crippen LogP contribution in [0.1, 0.15) is 36.4 Å². The molecule has 2 aromatic rings. The van der Waals surface area contributed by atoms with E-state index in [-0.39, 0.29) is 11.7 Å². The van der Waals surface area contributed by atoms with Gasteiger partial charge < -0.3 is 15.5 Å². The number of hydrogen-bond donors (Lipinski definition) is 2. The van der Waals surface area contributed by atoms with Gasteiger partial charge in [0, 0.05) is 18.5 Å². The number of halogens is 4. The molecule has 0 bridgehead atoms. The normalized spacial score (nSPS) is 14.4. The highest BCUT2D eigenvalue weighted by Crippen LogP contribution is 2.41. The Hall–Kier alpha value is -2.42. The van der Waals surface area contributed by atoms with Crippen LogP contribution in [0.5, 0.6) is 0 Å². The van der Waals surface area contributed by atoms with Gasteiger partial charge in [-0.1, -0.05) is 6.07 Å². The smallest absolute Gasteiger partial charge is 0.354 e. The number of aromatic nitrogens is 2. The van der Waals surface area contributed by atoms with E-state index in [1.165, 1.54) is 0 Å². The lowest BCUT2D eigenvalue weighted by Crippen LogP contribution is -2.17. The number of alkyl halides is 3. The van der Waals surface area contributed by atoms with Crippen LogP contribution in [0.3, 0.4) is 0 Å². The molecule has 1 heterocycles. The number of hydrogen-bond acceptors (Lipinski definition) is 5. The van der Waals surface area contributed by atoms with Crippen molar-refractivity contribution in [2.45, 2.75) is 31.4 Å². The van der Waals surface area contributed by atoms with Gasteiger partial charge >= 0.3 is 6.18 Å². The molecule has 0 amide bonds. The molecule has 9 heteroatoms.